The molecule has 3 nitrogen and oxygen atoms in total. The van der Waals surface area contributed by atoms with Gasteiger partial charge < -0.3 is 9.84 Å². The van der Waals surface area contributed by atoms with Gasteiger partial charge >= 0.3 is 5.97 Å². The Bertz CT molecular complexity index is 534. The highest BCUT2D eigenvalue weighted by Gasteiger charge is 2.27. The van der Waals surface area contributed by atoms with E-state index in [0.717, 1.165) is 35.6 Å². The molecule has 0 amide bonds. The molecule has 0 aliphatic heterocycles. The second-order valence-electron chi connectivity index (χ2n) is 7.34. The lowest BCUT2D eigenvalue weighted by molar-refractivity contribution is -0.138. The minimum absolute atomic E-state index is 0.0260. The maximum Gasteiger partial charge on any atom is 0.303 e. The van der Waals surface area contributed by atoms with Crippen molar-refractivity contribution in [1.29, 1.82) is 0 Å². The first kappa shape index (κ1) is 17.1. The Kier molecular flexibility index (Phi) is 5.38. The van der Waals surface area contributed by atoms with E-state index in [-0.39, 0.29) is 11.8 Å². The van der Waals surface area contributed by atoms with Crippen molar-refractivity contribution in [3.63, 3.8) is 0 Å². The highest BCUT2D eigenvalue weighted by Crippen LogP contribution is 2.36. The molecule has 1 saturated carbocycles. The van der Waals surface area contributed by atoms with E-state index in [1.165, 1.54) is 0 Å². The smallest absolute Gasteiger partial charge is 0.303 e. The molecule has 0 radical (unpaired) electrons. The summed E-state index contributed by atoms with van der Waals surface area (Å²) in [4.78, 5) is 10.8. The van der Waals surface area contributed by atoms with Gasteiger partial charge in [0.2, 0.25) is 0 Å². The summed E-state index contributed by atoms with van der Waals surface area (Å²) in [6.45, 7) is 7.08. The van der Waals surface area contributed by atoms with Gasteiger partial charge in [-0.25, -0.2) is 0 Å². The van der Waals surface area contributed by atoms with Gasteiger partial charge in [-0.2, -0.15) is 0 Å². The SMILES string of the molecule is CC(C)(C)c1cc(Cl)ccc1OCC1CCC(CC(=O)O)C1. The van der Waals surface area contributed by atoms with E-state index < -0.39 is 5.97 Å². The number of halogens is 1. The van der Waals surface area contributed by atoms with E-state index in [1.54, 1.807) is 0 Å². The zero-order valence-electron chi connectivity index (χ0n) is 13.6. The molecule has 122 valence electrons. The van der Waals surface area contributed by atoms with Crippen LogP contribution >= 0.6 is 11.6 Å². The van der Waals surface area contributed by atoms with E-state index in [9.17, 15) is 4.79 Å². The van der Waals surface area contributed by atoms with E-state index in [0.29, 0.717) is 18.4 Å². The van der Waals surface area contributed by atoms with Gasteiger partial charge in [-0.3, -0.25) is 4.79 Å². The van der Waals surface area contributed by atoms with Crippen molar-refractivity contribution in [2.24, 2.45) is 11.8 Å². The zero-order valence-corrected chi connectivity index (χ0v) is 14.3. The number of carboxylic acids is 1. The van der Waals surface area contributed by atoms with Gasteiger partial charge in [-0.05, 0) is 54.7 Å². The lowest BCUT2D eigenvalue weighted by Gasteiger charge is -2.24. The third-order valence-electron chi connectivity index (χ3n) is 4.34. The van der Waals surface area contributed by atoms with E-state index in [2.05, 4.69) is 20.8 Å². The number of carboxylic acid groups (broad SMARTS) is 1. The Morgan fingerprint density at radius 3 is 2.64 bits per heavy atom. The average molecular weight is 325 g/mol. The second kappa shape index (κ2) is 6.91. The Hall–Kier alpha value is -1.22. The number of hydrogen-bond donors (Lipinski definition) is 1. The van der Waals surface area contributed by atoms with E-state index >= 15 is 0 Å². The van der Waals surface area contributed by atoms with E-state index in [4.69, 9.17) is 21.4 Å². The van der Waals surface area contributed by atoms with Gasteiger partial charge in [0.1, 0.15) is 5.75 Å². The zero-order chi connectivity index (χ0) is 16.3. The number of benzene rings is 1. The van der Waals surface area contributed by atoms with Crippen LogP contribution in [0.4, 0.5) is 0 Å². The number of carbonyl (C=O) groups is 1. The number of hydrogen-bond acceptors (Lipinski definition) is 2. The number of rotatable bonds is 5. The predicted octanol–water partition coefficient (Wildman–Crippen LogP) is 4.91. The lowest BCUT2D eigenvalue weighted by Crippen LogP contribution is -2.16. The van der Waals surface area contributed by atoms with Gasteiger partial charge in [-0.1, -0.05) is 32.4 Å². The molecule has 1 aromatic carbocycles. The Morgan fingerprint density at radius 1 is 1.32 bits per heavy atom. The molecule has 0 heterocycles. The highest BCUT2D eigenvalue weighted by molar-refractivity contribution is 6.30. The predicted molar refractivity (Wildman–Crippen MR) is 88.7 cm³/mol. The molecule has 1 aliphatic carbocycles. The first-order chi connectivity index (χ1) is 10.3. The summed E-state index contributed by atoms with van der Waals surface area (Å²) in [5.74, 6) is 0.948. The molecule has 2 unspecified atom stereocenters. The standard InChI is InChI=1S/C18H25ClO3/c1-18(2,3)15-10-14(19)6-7-16(15)22-11-13-5-4-12(8-13)9-17(20)21/h6-7,10,12-13H,4-5,8-9,11H2,1-3H3,(H,20,21). The van der Waals surface area contributed by atoms with Crippen molar-refractivity contribution >= 4 is 17.6 Å². The summed E-state index contributed by atoms with van der Waals surface area (Å²) in [5.41, 5.74) is 1.09. The van der Waals surface area contributed by atoms with Crippen LogP contribution in [0.5, 0.6) is 5.75 Å². The van der Waals surface area contributed by atoms with Crippen molar-refractivity contribution in [3.05, 3.63) is 28.8 Å². The fourth-order valence-electron chi connectivity index (χ4n) is 3.18. The molecule has 1 aliphatic rings. The molecule has 0 spiro atoms. The molecular formula is C18H25ClO3. The van der Waals surface area contributed by atoms with Crippen LogP contribution in [-0.2, 0) is 10.2 Å². The third-order valence-corrected chi connectivity index (χ3v) is 4.57. The fourth-order valence-corrected chi connectivity index (χ4v) is 3.36. The quantitative estimate of drug-likeness (QED) is 0.837. The van der Waals surface area contributed by atoms with Gasteiger partial charge in [0.25, 0.3) is 0 Å². The topological polar surface area (TPSA) is 46.5 Å². The molecule has 1 aromatic rings. The van der Waals surface area contributed by atoms with E-state index in [1.807, 2.05) is 18.2 Å². The Balaban J connectivity index is 1.97. The summed E-state index contributed by atoms with van der Waals surface area (Å²) in [5, 5.41) is 9.60. The van der Waals surface area contributed by atoms with Crippen molar-refractivity contribution in [1.82, 2.24) is 0 Å². The molecule has 0 bridgehead atoms. The number of ether oxygens (including phenoxy) is 1. The lowest BCUT2D eigenvalue weighted by atomic mass is 9.86. The van der Waals surface area contributed by atoms with Crippen LogP contribution in [0.25, 0.3) is 0 Å². The number of aliphatic carboxylic acids is 1. The van der Waals surface area contributed by atoms with Crippen LogP contribution in [0.1, 0.15) is 52.0 Å². The molecule has 2 atom stereocenters. The van der Waals surface area contributed by atoms with Crippen LogP contribution < -0.4 is 4.74 Å². The Morgan fingerprint density at radius 2 is 2.00 bits per heavy atom. The molecule has 1 N–H and O–H groups in total. The first-order valence-corrected chi connectivity index (χ1v) is 8.28. The van der Waals surface area contributed by atoms with Crippen LogP contribution in [0, 0.1) is 11.8 Å². The highest BCUT2D eigenvalue weighted by atomic mass is 35.5. The molecule has 0 saturated heterocycles. The minimum atomic E-state index is -0.695. The molecule has 0 aromatic heterocycles. The first-order valence-electron chi connectivity index (χ1n) is 7.90. The molecule has 2 rings (SSSR count). The molecule has 1 fully saturated rings. The third kappa shape index (κ3) is 4.64. The summed E-state index contributed by atoms with van der Waals surface area (Å²) in [6, 6.07) is 5.76. The average Bonchev–Trinajstić information content (AvgIpc) is 2.83. The van der Waals surface area contributed by atoms with Gasteiger partial charge in [0.05, 0.1) is 6.61 Å². The second-order valence-corrected chi connectivity index (χ2v) is 7.78. The van der Waals surface area contributed by atoms with Crippen molar-refractivity contribution in [3.8, 4) is 5.75 Å². The largest absolute Gasteiger partial charge is 0.493 e. The van der Waals surface area contributed by atoms with Gasteiger partial charge in [-0.15, -0.1) is 0 Å². The molecule has 22 heavy (non-hydrogen) atoms. The maximum absolute atomic E-state index is 10.8. The maximum atomic E-state index is 10.8. The minimum Gasteiger partial charge on any atom is -0.493 e. The fraction of sp³-hybridized carbons (Fsp3) is 0.611. The monoisotopic (exact) mass is 324 g/mol. The van der Waals surface area contributed by atoms with Gasteiger partial charge in [0, 0.05) is 17.0 Å². The van der Waals surface area contributed by atoms with Crippen LogP contribution in [-0.4, -0.2) is 17.7 Å². The summed E-state index contributed by atoms with van der Waals surface area (Å²) >= 11 is 6.11. The summed E-state index contributed by atoms with van der Waals surface area (Å²) in [7, 11) is 0. The van der Waals surface area contributed by atoms with Crippen LogP contribution in [0.2, 0.25) is 5.02 Å². The van der Waals surface area contributed by atoms with Gasteiger partial charge in [0.15, 0.2) is 0 Å². The normalized spacial score (nSPS) is 21.8. The van der Waals surface area contributed by atoms with Crippen LogP contribution in [0.15, 0.2) is 18.2 Å². The van der Waals surface area contributed by atoms with Crippen molar-refractivity contribution in [2.75, 3.05) is 6.61 Å². The van der Waals surface area contributed by atoms with Crippen molar-refractivity contribution < 1.29 is 14.6 Å². The summed E-state index contributed by atoms with van der Waals surface area (Å²) in [6.07, 6.45) is 3.28. The molecule has 4 heteroatoms. The summed E-state index contributed by atoms with van der Waals surface area (Å²) < 4.78 is 6.05. The Labute approximate surface area is 137 Å². The van der Waals surface area contributed by atoms with Crippen LogP contribution in [0.3, 0.4) is 0 Å². The van der Waals surface area contributed by atoms with Crippen molar-refractivity contribution in [2.45, 2.75) is 51.9 Å². The molecular weight excluding hydrogens is 300 g/mol.